The molecular formula is C27H30ClFN4O4. The van der Waals surface area contributed by atoms with E-state index in [0.29, 0.717) is 41.7 Å². The lowest BCUT2D eigenvalue weighted by Crippen LogP contribution is -2.43. The Kier molecular flexibility index (Phi) is 8.45. The molecule has 10 heteroatoms. The van der Waals surface area contributed by atoms with Crippen molar-refractivity contribution in [3.05, 3.63) is 65.1 Å². The third kappa shape index (κ3) is 5.94. The largest absolute Gasteiger partial charge is 0.385 e. The molecule has 1 aromatic heterocycles. The quantitative estimate of drug-likeness (QED) is 0.372. The number of nitrogens with zero attached hydrogens (tertiary/aromatic N) is 2. The smallest absolute Gasteiger partial charge is 0.323 e. The Bertz CT molecular complexity index is 1310. The van der Waals surface area contributed by atoms with Crippen LogP contribution < -0.4 is 11.1 Å². The summed E-state index contributed by atoms with van der Waals surface area (Å²) in [6, 6.07) is 10.1. The molecule has 1 aliphatic rings. The minimum absolute atomic E-state index is 0.0140. The van der Waals surface area contributed by atoms with E-state index in [1.54, 1.807) is 48.4 Å². The number of amides is 3. The molecule has 1 fully saturated rings. The lowest BCUT2D eigenvalue weighted by atomic mass is 9.96. The molecule has 2 aromatic carbocycles. The molecule has 0 bridgehead atoms. The number of carbonyl (C=O) groups is 3. The molecule has 37 heavy (non-hydrogen) atoms. The number of aromatic nitrogens is 1. The molecule has 3 N–H and O–H groups in total. The SMILES string of the molecule is COCCC[C@H]1C[C@@H](C(=O)CCc2cccc(Cl)c2F)N(C(=O)Nc2cn(C(N)=O)c3ccccc23)C1. The number of rotatable bonds is 9. The molecule has 2 atom stereocenters. The average molecular weight is 529 g/mol. The van der Waals surface area contributed by atoms with Crippen LogP contribution in [0.2, 0.25) is 5.02 Å². The number of para-hydroxylation sites is 1. The van der Waals surface area contributed by atoms with Crippen molar-refractivity contribution in [3.63, 3.8) is 0 Å². The Morgan fingerprint density at radius 2 is 1.97 bits per heavy atom. The first kappa shape index (κ1) is 26.6. The lowest BCUT2D eigenvalue weighted by Gasteiger charge is -2.24. The van der Waals surface area contributed by atoms with Crippen LogP contribution in [0.1, 0.15) is 31.2 Å². The molecule has 0 spiro atoms. The minimum atomic E-state index is -0.669. The van der Waals surface area contributed by atoms with Crippen molar-refractivity contribution in [2.75, 3.05) is 25.6 Å². The number of nitrogens with one attached hydrogen (secondary N) is 1. The normalized spacial score (nSPS) is 17.3. The van der Waals surface area contributed by atoms with E-state index in [9.17, 15) is 18.8 Å². The van der Waals surface area contributed by atoms with Crippen molar-refractivity contribution in [2.45, 2.75) is 38.1 Å². The van der Waals surface area contributed by atoms with Crippen molar-refractivity contribution >= 4 is 46.0 Å². The van der Waals surface area contributed by atoms with E-state index in [1.807, 2.05) is 0 Å². The first-order valence-corrected chi connectivity index (χ1v) is 12.6. The van der Waals surface area contributed by atoms with Gasteiger partial charge in [0.05, 0.1) is 22.3 Å². The van der Waals surface area contributed by atoms with Crippen LogP contribution in [0, 0.1) is 11.7 Å². The summed E-state index contributed by atoms with van der Waals surface area (Å²) in [5, 5.41) is 3.54. The number of fused-ring (bicyclic) bond motifs is 1. The van der Waals surface area contributed by atoms with Crippen molar-refractivity contribution in [3.8, 4) is 0 Å². The van der Waals surface area contributed by atoms with Gasteiger partial charge in [-0.15, -0.1) is 0 Å². The maximum atomic E-state index is 14.3. The van der Waals surface area contributed by atoms with E-state index in [4.69, 9.17) is 22.1 Å². The summed E-state index contributed by atoms with van der Waals surface area (Å²) >= 11 is 5.88. The first-order chi connectivity index (χ1) is 17.8. The highest BCUT2D eigenvalue weighted by Crippen LogP contribution is 2.31. The predicted octanol–water partition coefficient (Wildman–Crippen LogP) is 5.21. The highest BCUT2D eigenvalue weighted by atomic mass is 35.5. The number of ketones is 1. The number of primary amides is 1. The predicted molar refractivity (Wildman–Crippen MR) is 140 cm³/mol. The van der Waals surface area contributed by atoms with E-state index in [2.05, 4.69) is 5.32 Å². The molecular weight excluding hydrogens is 499 g/mol. The number of halogens is 2. The van der Waals surface area contributed by atoms with Crippen LogP contribution in [-0.4, -0.2) is 53.6 Å². The van der Waals surface area contributed by atoms with Gasteiger partial charge in [-0.2, -0.15) is 0 Å². The molecule has 1 saturated heterocycles. The lowest BCUT2D eigenvalue weighted by molar-refractivity contribution is -0.122. The zero-order valence-corrected chi connectivity index (χ0v) is 21.3. The van der Waals surface area contributed by atoms with Crippen LogP contribution in [0.4, 0.5) is 19.7 Å². The standard InChI is InChI=1S/C27H30ClFN4O4/c1-37-13-5-6-17-14-23(24(34)12-11-18-7-4-9-20(28)25(18)29)33(15-17)27(36)31-21-16-32(26(30)35)22-10-3-2-8-19(21)22/h2-4,7-10,16-17,23H,5-6,11-15H2,1H3,(H2,30,35)(H,31,36)/t17-,23-/m0/s1. The van der Waals surface area contributed by atoms with Crippen molar-refractivity contribution < 1.29 is 23.5 Å². The summed E-state index contributed by atoms with van der Waals surface area (Å²) in [7, 11) is 1.64. The van der Waals surface area contributed by atoms with Crippen molar-refractivity contribution in [1.29, 1.82) is 0 Å². The Morgan fingerprint density at radius 1 is 1.19 bits per heavy atom. The third-order valence-electron chi connectivity index (χ3n) is 6.84. The molecule has 3 amide bonds. The van der Waals surface area contributed by atoms with E-state index < -0.39 is 23.9 Å². The van der Waals surface area contributed by atoms with Gasteiger partial charge in [0.15, 0.2) is 5.78 Å². The van der Waals surface area contributed by atoms with Gasteiger partial charge in [-0.25, -0.2) is 14.0 Å². The number of urea groups is 1. The minimum Gasteiger partial charge on any atom is -0.385 e. The summed E-state index contributed by atoms with van der Waals surface area (Å²) < 4.78 is 20.8. The van der Waals surface area contributed by atoms with E-state index in [0.717, 1.165) is 12.8 Å². The van der Waals surface area contributed by atoms with Crippen molar-refractivity contribution in [1.82, 2.24) is 9.47 Å². The zero-order chi connectivity index (χ0) is 26.5. The van der Waals surface area contributed by atoms with Gasteiger partial charge in [-0.1, -0.05) is 41.9 Å². The third-order valence-corrected chi connectivity index (χ3v) is 7.14. The van der Waals surface area contributed by atoms with Gasteiger partial charge in [0.2, 0.25) is 0 Å². The maximum absolute atomic E-state index is 14.3. The van der Waals surface area contributed by atoms with Crippen LogP contribution in [0.15, 0.2) is 48.7 Å². The number of Topliss-reactive ketones (excluding diaryl/α,β-unsaturated/α-hetero) is 1. The van der Waals surface area contributed by atoms with E-state index in [-0.39, 0.29) is 29.6 Å². The molecule has 2 heterocycles. The monoisotopic (exact) mass is 528 g/mol. The molecule has 3 aromatic rings. The number of benzene rings is 2. The molecule has 196 valence electrons. The summed E-state index contributed by atoms with van der Waals surface area (Å²) in [4.78, 5) is 40.2. The van der Waals surface area contributed by atoms with E-state index in [1.165, 1.54) is 16.8 Å². The van der Waals surface area contributed by atoms with E-state index >= 15 is 0 Å². The number of ether oxygens (including phenoxy) is 1. The van der Waals surface area contributed by atoms with Gasteiger partial charge in [0.1, 0.15) is 5.82 Å². The Morgan fingerprint density at radius 3 is 2.73 bits per heavy atom. The van der Waals surface area contributed by atoms with Gasteiger partial charge >= 0.3 is 12.1 Å². The Labute approximate surface area is 219 Å². The van der Waals surface area contributed by atoms with Crippen LogP contribution in [0.5, 0.6) is 0 Å². The summed E-state index contributed by atoms with van der Waals surface area (Å²) in [6.07, 6.45) is 3.91. The van der Waals surface area contributed by atoms with Gasteiger partial charge in [-0.05, 0) is 49.3 Å². The van der Waals surface area contributed by atoms with Gasteiger partial charge in [0, 0.05) is 38.3 Å². The number of aryl methyl sites for hydroxylation is 1. The summed E-state index contributed by atoms with van der Waals surface area (Å²) in [5.74, 6) is -0.533. The van der Waals surface area contributed by atoms with Gasteiger partial charge in [-0.3, -0.25) is 9.36 Å². The number of carbonyl (C=O) groups excluding carboxylic acids is 3. The molecule has 0 aliphatic carbocycles. The fourth-order valence-electron chi connectivity index (χ4n) is 4.99. The second-order valence-electron chi connectivity index (χ2n) is 9.28. The van der Waals surface area contributed by atoms with Crippen molar-refractivity contribution in [2.24, 2.45) is 11.7 Å². The number of anilines is 1. The number of methoxy groups -OCH3 is 1. The van der Waals surface area contributed by atoms with Crippen LogP contribution in [0.3, 0.4) is 0 Å². The Hall–Kier alpha value is -3.43. The average Bonchev–Trinajstić information content (AvgIpc) is 3.47. The van der Waals surface area contributed by atoms with Crippen LogP contribution >= 0.6 is 11.6 Å². The van der Waals surface area contributed by atoms with Crippen LogP contribution in [0.25, 0.3) is 10.9 Å². The van der Waals surface area contributed by atoms with Crippen LogP contribution in [-0.2, 0) is 16.0 Å². The Balaban J connectivity index is 1.52. The molecule has 8 nitrogen and oxygen atoms in total. The summed E-state index contributed by atoms with van der Waals surface area (Å²) in [5.41, 5.74) is 6.86. The van der Waals surface area contributed by atoms with Gasteiger partial charge < -0.3 is 20.7 Å². The molecule has 0 radical (unpaired) electrons. The second kappa shape index (κ2) is 11.7. The molecule has 4 rings (SSSR count). The number of likely N-dealkylation sites (tertiary alicyclic amines) is 1. The maximum Gasteiger partial charge on any atom is 0.323 e. The highest BCUT2D eigenvalue weighted by Gasteiger charge is 2.39. The number of hydrogen-bond donors (Lipinski definition) is 2. The number of nitrogens with two attached hydrogens (primary N) is 1. The van der Waals surface area contributed by atoms with Gasteiger partial charge in [0.25, 0.3) is 0 Å². The summed E-state index contributed by atoms with van der Waals surface area (Å²) in [6.45, 7) is 1.01. The fraction of sp³-hybridized carbons (Fsp3) is 0.370. The topological polar surface area (TPSA) is 107 Å². The highest BCUT2D eigenvalue weighted by molar-refractivity contribution is 6.30. The zero-order valence-electron chi connectivity index (χ0n) is 20.6. The molecule has 1 aliphatic heterocycles. The first-order valence-electron chi connectivity index (χ1n) is 12.2. The molecule has 0 saturated carbocycles. The number of hydrogen-bond acceptors (Lipinski definition) is 4. The molecule has 0 unspecified atom stereocenters. The second-order valence-corrected chi connectivity index (χ2v) is 9.69. The fourth-order valence-corrected chi connectivity index (χ4v) is 5.19.